The molecule has 1 heterocycles. The van der Waals surface area contributed by atoms with E-state index >= 15 is 0 Å². The van der Waals surface area contributed by atoms with Crippen LogP contribution in [0.4, 0.5) is 18.3 Å². The largest absolute Gasteiger partial charge is 0.395 e. The van der Waals surface area contributed by atoms with Gasteiger partial charge in [-0.2, -0.15) is 0 Å². The van der Waals surface area contributed by atoms with Crippen molar-refractivity contribution in [3.63, 3.8) is 0 Å². The molecular weight excluding hydrogens is 206 g/mol. The zero-order valence-corrected chi connectivity index (χ0v) is 8.09. The van der Waals surface area contributed by atoms with Crippen LogP contribution >= 0.6 is 0 Å². The molecule has 14 heavy (non-hydrogen) atoms. The van der Waals surface area contributed by atoms with Crippen LogP contribution in [0.5, 0.6) is 0 Å². The molecule has 0 aromatic carbocycles. The number of nitrogens with zero attached hydrogens (tertiary/aromatic N) is 1. The number of hydrogen-bond acceptors (Lipinski definition) is 3. The number of rotatable bonds is 2. The van der Waals surface area contributed by atoms with Gasteiger partial charge in [0, 0.05) is 38.0 Å². The van der Waals surface area contributed by atoms with Gasteiger partial charge in [-0.05, 0) is 13.5 Å². The quantitative estimate of drug-likeness (QED) is 0.715. The second-order valence-corrected chi connectivity index (χ2v) is 2.87. The summed E-state index contributed by atoms with van der Waals surface area (Å²) in [5.74, 6) is 0. The van der Waals surface area contributed by atoms with Gasteiger partial charge in [0.15, 0.2) is 0 Å². The van der Waals surface area contributed by atoms with Gasteiger partial charge in [-0.3, -0.25) is 4.90 Å². The second-order valence-electron chi connectivity index (χ2n) is 2.87. The van der Waals surface area contributed by atoms with Gasteiger partial charge < -0.3 is 9.84 Å². The molecule has 0 spiro atoms. The van der Waals surface area contributed by atoms with Crippen LogP contribution in [0.2, 0.25) is 0 Å². The van der Waals surface area contributed by atoms with Gasteiger partial charge in [0.25, 0.3) is 0 Å². The normalized spacial score (nSPS) is 25.9. The molecule has 1 aliphatic heterocycles. The highest BCUT2D eigenvalue weighted by molar-refractivity contribution is 4.82. The average Bonchev–Trinajstić information content (AvgIpc) is 2.65. The molecule has 0 radical (unpaired) electrons. The highest BCUT2D eigenvalue weighted by Gasteiger charge is 2.28. The molecule has 0 amide bonds. The Bertz CT molecular complexity index is 120. The maximum absolute atomic E-state index is 8.85. The Morgan fingerprint density at radius 3 is 2.07 bits per heavy atom. The number of likely N-dealkylation sites (tertiary alicyclic amines) is 1. The van der Waals surface area contributed by atoms with Crippen LogP contribution in [0.1, 0.15) is 6.42 Å². The Kier molecular flexibility index (Phi) is 12.2. The summed E-state index contributed by atoms with van der Waals surface area (Å²) in [7, 11) is 3.73. The number of ether oxygens (including phenoxy) is 1. The lowest BCUT2D eigenvalue weighted by molar-refractivity contribution is 0.108. The predicted molar refractivity (Wildman–Crippen MR) is 43.3 cm³/mol. The molecule has 7 heteroatoms. The van der Waals surface area contributed by atoms with Crippen molar-refractivity contribution in [1.29, 1.82) is 0 Å². The molecular formula is C7H15F4NO2. The van der Waals surface area contributed by atoms with E-state index in [1.165, 1.54) is 0 Å². The van der Waals surface area contributed by atoms with Crippen molar-refractivity contribution in [2.24, 2.45) is 0 Å². The van der Waals surface area contributed by atoms with Crippen molar-refractivity contribution in [2.45, 2.75) is 18.6 Å². The van der Waals surface area contributed by atoms with E-state index in [1.807, 2.05) is 7.05 Å². The fraction of sp³-hybridized carbons (Fsp3) is 1.00. The zero-order valence-electron chi connectivity index (χ0n) is 8.09. The Balaban J connectivity index is 0. The lowest BCUT2D eigenvalue weighted by atomic mass is 10.2. The van der Waals surface area contributed by atoms with E-state index in [9.17, 15) is 0 Å². The fourth-order valence-electron chi connectivity index (χ4n) is 1.41. The number of hydrogen-bond donors (Lipinski definition) is 1. The van der Waals surface area contributed by atoms with Crippen LogP contribution in [0.15, 0.2) is 0 Å². The number of methoxy groups -OCH3 is 1. The van der Waals surface area contributed by atoms with Crippen LogP contribution in [0.3, 0.4) is 0 Å². The van der Waals surface area contributed by atoms with E-state index in [-0.39, 0.29) is 6.61 Å². The van der Waals surface area contributed by atoms with E-state index in [2.05, 4.69) is 4.90 Å². The van der Waals surface area contributed by atoms with Crippen LogP contribution in [0.25, 0.3) is 0 Å². The first kappa shape index (κ1) is 16.0. The van der Waals surface area contributed by atoms with Crippen molar-refractivity contribution < 1.29 is 28.1 Å². The van der Waals surface area contributed by atoms with Gasteiger partial charge in [0.2, 0.25) is 0 Å². The van der Waals surface area contributed by atoms with Crippen molar-refractivity contribution >= 4 is 0 Å². The third-order valence-electron chi connectivity index (χ3n) is 2.19. The SMILES string of the molecule is CO[C@H]1C[C@@H](CO)N(C)C1.FF.FF. The van der Waals surface area contributed by atoms with Gasteiger partial charge >= 0.3 is 0 Å². The number of aliphatic hydroxyl groups excluding tert-OH is 1. The molecule has 0 bridgehead atoms. The molecule has 1 N–H and O–H groups in total. The van der Waals surface area contributed by atoms with Crippen molar-refractivity contribution in [3.05, 3.63) is 0 Å². The first-order chi connectivity index (χ1) is 6.77. The topological polar surface area (TPSA) is 32.7 Å². The number of aliphatic hydroxyl groups is 1. The molecule has 0 aromatic rings. The van der Waals surface area contributed by atoms with Crippen LogP contribution in [-0.2, 0) is 4.74 Å². The molecule has 3 nitrogen and oxygen atoms in total. The molecule has 1 rings (SSSR count). The van der Waals surface area contributed by atoms with Gasteiger partial charge in [-0.25, -0.2) is 0 Å². The van der Waals surface area contributed by atoms with E-state index in [0.717, 1.165) is 13.0 Å². The summed E-state index contributed by atoms with van der Waals surface area (Å²) >= 11 is 0. The Labute approximate surface area is 80.0 Å². The summed E-state index contributed by atoms with van der Waals surface area (Å²) < 4.78 is 37.2. The second kappa shape index (κ2) is 10.7. The Hall–Kier alpha value is -0.400. The summed E-state index contributed by atoms with van der Waals surface area (Å²) in [5, 5.41) is 8.85. The van der Waals surface area contributed by atoms with Gasteiger partial charge in [0.05, 0.1) is 12.7 Å². The Morgan fingerprint density at radius 1 is 1.36 bits per heavy atom. The molecule has 88 valence electrons. The molecule has 0 aromatic heterocycles. The minimum Gasteiger partial charge on any atom is -0.395 e. The maximum atomic E-state index is 8.85. The number of likely N-dealkylation sites (N-methyl/N-ethyl adjacent to an activating group) is 1. The molecule has 0 saturated carbocycles. The van der Waals surface area contributed by atoms with E-state index in [4.69, 9.17) is 28.1 Å². The minimum absolute atomic E-state index is 0.246. The fourth-order valence-corrected chi connectivity index (χ4v) is 1.41. The first-order valence-electron chi connectivity index (χ1n) is 3.90. The summed E-state index contributed by atoms with van der Waals surface area (Å²) in [6.07, 6.45) is 1.28. The number of halogens is 4. The molecule has 2 atom stereocenters. The summed E-state index contributed by atoms with van der Waals surface area (Å²) in [5.41, 5.74) is 0. The van der Waals surface area contributed by atoms with Gasteiger partial charge in [-0.1, -0.05) is 0 Å². The molecule has 1 fully saturated rings. The molecule has 0 aliphatic carbocycles. The van der Waals surface area contributed by atoms with Crippen LogP contribution in [0, 0.1) is 0 Å². The van der Waals surface area contributed by atoms with E-state index in [1.54, 1.807) is 7.11 Å². The van der Waals surface area contributed by atoms with Crippen LogP contribution in [-0.4, -0.2) is 49.5 Å². The van der Waals surface area contributed by atoms with Gasteiger partial charge in [-0.15, -0.1) is 0 Å². The summed E-state index contributed by atoms with van der Waals surface area (Å²) in [4.78, 5) is 2.13. The van der Waals surface area contributed by atoms with Crippen LogP contribution < -0.4 is 0 Å². The maximum Gasteiger partial charge on any atom is 0.0714 e. The highest BCUT2D eigenvalue weighted by atomic mass is 20.0. The standard InChI is InChI=1S/C7H15NO2.2F2/c1-8-4-7(10-2)3-6(8)5-9;2*1-2/h6-7,9H,3-5H2,1-2H3;;/t6-,7-;;/m0../s1. The molecule has 1 aliphatic rings. The average molecular weight is 221 g/mol. The van der Waals surface area contributed by atoms with Crippen molar-refractivity contribution in [3.8, 4) is 0 Å². The smallest absolute Gasteiger partial charge is 0.0714 e. The lowest BCUT2D eigenvalue weighted by Crippen LogP contribution is -2.28. The third kappa shape index (κ3) is 5.36. The Morgan fingerprint density at radius 2 is 1.86 bits per heavy atom. The van der Waals surface area contributed by atoms with E-state index in [0.29, 0.717) is 12.1 Å². The van der Waals surface area contributed by atoms with Crippen molar-refractivity contribution in [1.82, 2.24) is 4.90 Å². The highest BCUT2D eigenvalue weighted by Crippen LogP contribution is 2.16. The lowest BCUT2D eigenvalue weighted by Gasteiger charge is -2.14. The van der Waals surface area contributed by atoms with Gasteiger partial charge in [0.1, 0.15) is 0 Å². The summed E-state index contributed by atoms with van der Waals surface area (Å²) in [6.45, 7) is 1.19. The third-order valence-corrected chi connectivity index (χ3v) is 2.19. The van der Waals surface area contributed by atoms with E-state index < -0.39 is 0 Å². The minimum atomic E-state index is 0.246. The monoisotopic (exact) mass is 221 g/mol. The van der Waals surface area contributed by atoms with Crippen molar-refractivity contribution in [2.75, 3.05) is 27.3 Å². The molecule has 1 saturated heterocycles. The first-order valence-corrected chi connectivity index (χ1v) is 3.90. The summed E-state index contributed by atoms with van der Waals surface area (Å²) in [6, 6.07) is 0.310. The molecule has 0 unspecified atom stereocenters. The zero-order chi connectivity index (χ0) is 11.6. The predicted octanol–water partition coefficient (Wildman–Crippen LogP) is 1.38.